The molecule has 0 fully saturated rings. The maximum absolute atomic E-state index is 2.52. The van der Waals surface area contributed by atoms with Crippen molar-refractivity contribution in [2.75, 3.05) is 9.80 Å². The zero-order valence-electron chi connectivity index (χ0n) is 34.7. The molecule has 9 aromatic carbocycles. The quantitative estimate of drug-likeness (QED) is 0.152. The molecule has 0 spiro atoms. The highest BCUT2D eigenvalue weighted by Gasteiger charge is 2.24. The lowest BCUT2D eigenvalue weighted by atomic mass is 10.0. The van der Waals surface area contributed by atoms with Crippen molar-refractivity contribution in [1.82, 2.24) is 8.80 Å². The van der Waals surface area contributed by atoms with Crippen molar-refractivity contribution in [3.8, 4) is 0 Å². The smallest absolute Gasteiger partial charge is 0.0620 e. The van der Waals surface area contributed by atoms with Gasteiger partial charge in [-0.3, -0.25) is 0 Å². The summed E-state index contributed by atoms with van der Waals surface area (Å²) in [6, 6.07) is 72.1. The molecule has 0 amide bonds. The van der Waals surface area contributed by atoms with Gasteiger partial charge in [-0.2, -0.15) is 0 Å². The van der Waals surface area contributed by atoms with Gasteiger partial charge in [0.25, 0.3) is 0 Å². The van der Waals surface area contributed by atoms with Crippen LogP contribution in [-0.2, 0) is 12.8 Å². The fourth-order valence-electron chi connectivity index (χ4n) is 10.5. The van der Waals surface area contributed by atoms with E-state index >= 15 is 0 Å². The van der Waals surface area contributed by atoms with Gasteiger partial charge >= 0.3 is 0 Å². The minimum absolute atomic E-state index is 1.02. The average Bonchev–Trinajstić information content (AvgIpc) is 4.06. The summed E-state index contributed by atoms with van der Waals surface area (Å²) in [7, 11) is 0. The van der Waals surface area contributed by atoms with E-state index < -0.39 is 0 Å². The van der Waals surface area contributed by atoms with Crippen molar-refractivity contribution in [2.45, 2.75) is 26.7 Å². The van der Waals surface area contributed by atoms with Gasteiger partial charge in [0.15, 0.2) is 0 Å². The van der Waals surface area contributed by atoms with Gasteiger partial charge in [-0.05, 0) is 121 Å². The van der Waals surface area contributed by atoms with Crippen LogP contribution in [0.25, 0.3) is 76.2 Å². The third kappa shape index (κ3) is 4.95. The van der Waals surface area contributed by atoms with Crippen molar-refractivity contribution in [3.05, 3.63) is 205 Å². The highest BCUT2D eigenvalue weighted by molar-refractivity contribution is 6.29. The molecule has 0 N–H and O–H groups in total. The number of nitrogens with zero attached hydrogens (tertiary/aromatic N) is 4. The van der Waals surface area contributed by atoms with Crippen LogP contribution in [0.2, 0.25) is 0 Å². The van der Waals surface area contributed by atoms with Crippen LogP contribution in [-0.4, -0.2) is 8.80 Å². The van der Waals surface area contributed by atoms with Crippen LogP contribution in [0.4, 0.5) is 34.1 Å². The Labute approximate surface area is 359 Å². The molecule has 0 bridgehead atoms. The molecule has 4 heteroatoms. The van der Waals surface area contributed by atoms with Crippen LogP contribution in [0.15, 0.2) is 194 Å². The number of aryl methyl sites for hydroxylation is 2. The van der Waals surface area contributed by atoms with Gasteiger partial charge in [0.05, 0.1) is 33.1 Å². The lowest BCUT2D eigenvalue weighted by molar-refractivity contribution is 1.14. The van der Waals surface area contributed by atoms with E-state index in [1.807, 2.05) is 0 Å². The molecule has 0 aliphatic carbocycles. The lowest BCUT2D eigenvalue weighted by Crippen LogP contribution is -2.09. The Kier molecular flexibility index (Phi) is 7.53. The molecule has 62 heavy (non-hydrogen) atoms. The molecular formula is C58H42N4. The largest absolute Gasteiger partial charge is 0.310 e. The summed E-state index contributed by atoms with van der Waals surface area (Å²) < 4.78 is 5.04. The summed E-state index contributed by atoms with van der Waals surface area (Å²) >= 11 is 0. The maximum atomic E-state index is 2.52. The predicted octanol–water partition coefficient (Wildman–Crippen LogP) is 16.1. The third-order valence-electron chi connectivity index (χ3n) is 13.5. The van der Waals surface area contributed by atoms with Crippen LogP contribution >= 0.6 is 0 Å². The van der Waals surface area contributed by atoms with Gasteiger partial charge < -0.3 is 18.6 Å². The Hall–Kier alpha value is -7.82. The SMILES string of the molecule is CCc1ccc(N(c2ccccc2)c2ccc3c(c2)c2cccc4c5cc6c(cc5n3c24)c2cccc3c4cc(N(c5ccccc5)c5ccc(CC)cc5)ccc4n6c32)cc1. The third-order valence-corrected chi connectivity index (χ3v) is 13.5. The number of fused-ring (bicyclic) bond motifs is 12. The standard InChI is InChI=1S/C58H42N4/c1-3-37-21-25-41(26-22-37)59(39-13-7-5-8-14-39)43-29-31-53-49(33-43)45-17-11-19-47-51-36-56-52(35-55(51)61(53)57(45)47)48-20-12-18-46-50-34-44(30-32-54(50)62(56)58(46)48)60(40-15-9-6-10-16-40)42-27-23-38(4-2)24-28-42/h5-36H,3-4H2,1-2H3. The Bertz CT molecular complexity index is 3550. The molecule has 0 aliphatic rings. The van der Waals surface area contributed by atoms with E-state index in [2.05, 4.69) is 227 Å². The minimum Gasteiger partial charge on any atom is -0.310 e. The summed E-state index contributed by atoms with van der Waals surface area (Å²) in [6.45, 7) is 4.42. The van der Waals surface area contributed by atoms with E-state index in [9.17, 15) is 0 Å². The summed E-state index contributed by atoms with van der Waals surface area (Å²) in [5.74, 6) is 0. The van der Waals surface area contributed by atoms with E-state index in [1.54, 1.807) is 0 Å². The number of para-hydroxylation sites is 4. The molecule has 0 saturated carbocycles. The molecule has 4 aromatic heterocycles. The van der Waals surface area contributed by atoms with Gasteiger partial charge in [0.1, 0.15) is 0 Å². The monoisotopic (exact) mass is 794 g/mol. The first-order valence-electron chi connectivity index (χ1n) is 21.9. The van der Waals surface area contributed by atoms with Crippen molar-refractivity contribution < 1.29 is 0 Å². The molecule has 0 radical (unpaired) electrons. The van der Waals surface area contributed by atoms with Crippen LogP contribution in [0, 0.1) is 0 Å². The highest BCUT2D eigenvalue weighted by Crippen LogP contribution is 2.47. The van der Waals surface area contributed by atoms with Crippen LogP contribution < -0.4 is 9.80 Å². The number of hydrogen-bond donors (Lipinski definition) is 0. The van der Waals surface area contributed by atoms with Gasteiger partial charge in [-0.25, -0.2) is 0 Å². The highest BCUT2D eigenvalue weighted by atomic mass is 15.1. The maximum Gasteiger partial charge on any atom is 0.0620 e. The zero-order chi connectivity index (χ0) is 41.1. The average molecular weight is 795 g/mol. The molecule has 0 aliphatic heterocycles. The Balaban J connectivity index is 1.01. The summed E-state index contributed by atoms with van der Waals surface area (Å²) in [5.41, 5.74) is 17.1. The first-order valence-corrected chi connectivity index (χ1v) is 21.9. The van der Waals surface area contributed by atoms with E-state index in [4.69, 9.17) is 0 Å². The van der Waals surface area contributed by atoms with Crippen molar-refractivity contribution in [1.29, 1.82) is 0 Å². The van der Waals surface area contributed by atoms with Gasteiger partial charge in [0, 0.05) is 77.2 Å². The second-order valence-electron chi connectivity index (χ2n) is 16.7. The number of anilines is 6. The lowest BCUT2D eigenvalue weighted by Gasteiger charge is -2.26. The zero-order valence-corrected chi connectivity index (χ0v) is 34.7. The van der Waals surface area contributed by atoms with Gasteiger partial charge in [-0.1, -0.05) is 111 Å². The minimum atomic E-state index is 1.02. The van der Waals surface area contributed by atoms with Crippen LogP contribution in [0.1, 0.15) is 25.0 Å². The molecular weight excluding hydrogens is 753 g/mol. The molecule has 13 rings (SSSR count). The van der Waals surface area contributed by atoms with Gasteiger partial charge in [0.2, 0.25) is 0 Å². The van der Waals surface area contributed by atoms with E-state index in [0.717, 1.165) is 47.0 Å². The number of benzene rings is 9. The predicted molar refractivity (Wildman–Crippen MR) is 264 cm³/mol. The topological polar surface area (TPSA) is 15.3 Å². The molecule has 4 nitrogen and oxygen atoms in total. The number of rotatable bonds is 8. The van der Waals surface area contributed by atoms with Gasteiger partial charge in [-0.15, -0.1) is 0 Å². The molecule has 4 heterocycles. The van der Waals surface area contributed by atoms with E-state index in [1.165, 1.54) is 87.3 Å². The normalized spacial score (nSPS) is 12.2. The van der Waals surface area contributed by atoms with Crippen molar-refractivity contribution in [2.24, 2.45) is 0 Å². The summed E-state index contributed by atoms with van der Waals surface area (Å²) in [6.07, 6.45) is 2.04. The second kappa shape index (κ2) is 13.3. The number of aromatic nitrogens is 2. The van der Waals surface area contributed by atoms with E-state index in [-0.39, 0.29) is 0 Å². The number of hydrogen-bond acceptors (Lipinski definition) is 2. The van der Waals surface area contributed by atoms with E-state index in [0.29, 0.717) is 0 Å². The van der Waals surface area contributed by atoms with Crippen molar-refractivity contribution in [3.63, 3.8) is 0 Å². The molecule has 294 valence electrons. The van der Waals surface area contributed by atoms with Crippen LogP contribution in [0.3, 0.4) is 0 Å². The Morgan fingerprint density at radius 1 is 0.290 bits per heavy atom. The summed E-state index contributed by atoms with van der Waals surface area (Å²) in [4.78, 5) is 4.76. The molecule has 0 atom stereocenters. The molecule has 0 unspecified atom stereocenters. The molecule has 13 aromatic rings. The fraction of sp³-hybridized carbons (Fsp3) is 0.0690. The van der Waals surface area contributed by atoms with Crippen molar-refractivity contribution >= 4 is 110 Å². The summed E-state index contributed by atoms with van der Waals surface area (Å²) in [5, 5.41) is 10.2. The first-order chi connectivity index (χ1) is 30.7. The fourth-order valence-corrected chi connectivity index (χ4v) is 10.5. The molecule has 0 saturated heterocycles. The first kappa shape index (κ1) is 35.0. The van der Waals surface area contributed by atoms with Crippen LogP contribution in [0.5, 0.6) is 0 Å². The Morgan fingerprint density at radius 2 is 0.629 bits per heavy atom. The Morgan fingerprint density at radius 3 is 1.00 bits per heavy atom. The second-order valence-corrected chi connectivity index (χ2v) is 16.7.